The summed E-state index contributed by atoms with van der Waals surface area (Å²) in [4.78, 5) is 20.2. The number of aromatic nitrogens is 4. The maximum Gasteiger partial charge on any atom is 0.227 e. The Kier molecular flexibility index (Phi) is 5.84. The Morgan fingerprint density at radius 1 is 0.531 bits per heavy atom. The Balaban J connectivity index is 1.28. The van der Waals surface area contributed by atoms with E-state index < -0.39 is 0 Å². The van der Waals surface area contributed by atoms with Crippen molar-refractivity contribution in [1.29, 1.82) is 0 Å². The van der Waals surface area contributed by atoms with Gasteiger partial charge in [0.1, 0.15) is 16.9 Å². The van der Waals surface area contributed by atoms with Crippen molar-refractivity contribution < 1.29 is 8.83 Å². The van der Waals surface area contributed by atoms with Gasteiger partial charge in [0.2, 0.25) is 5.71 Å². The van der Waals surface area contributed by atoms with Crippen LogP contribution < -0.4 is 0 Å². The van der Waals surface area contributed by atoms with E-state index in [1.54, 1.807) is 12.3 Å². The van der Waals surface area contributed by atoms with Crippen LogP contribution in [0.3, 0.4) is 0 Å². The zero-order valence-corrected chi connectivity index (χ0v) is 26.4. The van der Waals surface area contributed by atoms with Gasteiger partial charge in [-0.3, -0.25) is 0 Å². The molecule has 0 aliphatic heterocycles. The summed E-state index contributed by atoms with van der Waals surface area (Å²) in [7, 11) is 0. The number of pyridine rings is 1. The van der Waals surface area contributed by atoms with Crippen molar-refractivity contribution >= 4 is 49.9 Å². The first-order valence-corrected chi connectivity index (χ1v) is 16.2. The summed E-state index contributed by atoms with van der Waals surface area (Å²) in [6, 6.07) is 35.3. The van der Waals surface area contributed by atoms with Crippen molar-refractivity contribution in [3.8, 4) is 56.4 Å². The zero-order chi connectivity index (χ0) is 32.6. The molecule has 4 heterocycles. The van der Waals surface area contributed by atoms with Crippen molar-refractivity contribution in [1.82, 2.24) is 19.9 Å². The van der Waals surface area contributed by atoms with E-state index in [1.165, 1.54) is 27.6 Å². The van der Waals surface area contributed by atoms with Crippen molar-refractivity contribution in [2.75, 3.05) is 0 Å². The summed E-state index contributed by atoms with van der Waals surface area (Å²) in [5, 5.41) is 5.09. The predicted octanol–water partition coefficient (Wildman–Crippen LogP) is 11.2. The highest BCUT2D eigenvalue weighted by atomic mass is 16.3. The van der Waals surface area contributed by atoms with Gasteiger partial charge >= 0.3 is 0 Å². The number of benzene rings is 5. The van der Waals surface area contributed by atoms with Gasteiger partial charge in [-0.15, -0.1) is 0 Å². The van der Waals surface area contributed by atoms with Crippen molar-refractivity contribution in [3.05, 3.63) is 139 Å². The lowest BCUT2D eigenvalue weighted by Gasteiger charge is -2.12. The van der Waals surface area contributed by atoms with Crippen LogP contribution in [-0.2, 0) is 0 Å². The van der Waals surface area contributed by atoms with E-state index in [0.29, 0.717) is 23.2 Å². The molecule has 0 fully saturated rings. The smallest absolute Gasteiger partial charge is 0.227 e. The van der Waals surface area contributed by atoms with E-state index in [4.69, 9.17) is 23.8 Å². The quantitative estimate of drug-likeness (QED) is 0.176. The molecule has 1 aliphatic carbocycles. The lowest BCUT2D eigenvalue weighted by atomic mass is 9.98. The van der Waals surface area contributed by atoms with Crippen LogP contribution in [0.15, 0.2) is 137 Å². The minimum absolute atomic E-state index is 0.550. The van der Waals surface area contributed by atoms with Crippen LogP contribution in [0.5, 0.6) is 0 Å². The lowest BCUT2D eigenvalue weighted by molar-refractivity contribution is 0.601. The van der Waals surface area contributed by atoms with Gasteiger partial charge in [-0.1, -0.05) is 91.5 Å². The van der Waals surface area contributed by atoms with Crippen LogP contribution in [0, 0.1) is 6.92 Å². The average molecular weight is 631 g/mol. The number of hydrogen-bond acceptors (Lipinski definition) is 6. The molecule has 0 saturated carbocycles. The first kappa shape index (κ1) is 27.5. The van der Waals surface area contributed by atoms with Crippen LogP contribution in [-0.4, -0.2) is 19.9 Å². The molecule has 9 aromatic rings. The van der Waals surface area contributed by atoms with Gasteiger partial charge in [-0.05, 0) is 76.4 Å². The predicted molar refractivity (Wildman–Crippen MR) is 197 cm³/mol. The van der Waals surface area contributed by atoms with Gasteiger partial charge in [-0.2, -0.15) is 0 Å². The summed E-state index contributed by atoms with van der Waals surface area (Å²) in [6.07, 6.45) is 7.29. The summed E-state index contributed by atoms with van der Waals surface area (Å²) in [6.45, 7) is 5.88. The second-order valence-corrected chi connectivity index (χ2v) is 12.2. The number of aryl methyl sites for hydroxylation is 1. The number of nitrogens with zero attached hydrogens (tertiary/aromatic N) is 4. The van der Waals surface area contributed by atoms with Gasteiger partial charge < -0.3 is 8.83 Å². The fourth-order valence-corrected chi connectivity index (χ4v) is 7.41. The number of hydrogen-bond donors (Lipinski definition) is 0. The number of rotatable bonds is 5. The fraction of sp³-hybridized carbons (Fsp3) is 0.0233. The third-order valence-electron chi connectivity index (χ3n) is 9.55. The van der Waals surface area contributed by atoms with E-state index in [-0.39, 0.29) is 0 Å². The normalized spacial score (nSPS) is 12.2. The molecule has 0 spiro atoms. The molecule has 4 aromatic heterocycles. The van der Waals surface area contributed by atoms with Crippen molar-refractivity contribution in [2.24, 2.45) is 0 Å². The van der Waals surface area contributed by atoms with Crippen LogP contribution in [0.1, 0.15) is 11.3 Å². The molecule has 5 aromatic carbocycles. The monoisotopic (exact) mass is 630 g/mol. The molecule has 6 nitrogen and oxygen atoms in total. The van der Waals surface area contributed by atoms with E-state index >= 15 is 0 Å². The second-order valence-electron chi connectivity index (χ2n) is 12.2. The SMILES string of the molecule is C=C/C=C\c1oc2cccc(-c3nc(-c4ccc5c6c(cccc46)-c4ccccc4-5)nc(-c4cccc5oc6ncccc6c45)n3)c2c1C. The molecule has 0 bridgehead atoms. The number of allylic oxidation sites excluding steroid dienone is 2. The topological polar surface area (TPSA) is 77.8 Å². The first-order chi connectivity index (χ1) is 24.2. The summed E-state index contributed by atoms with van der Waals surface area (Å²) < 4.78 is 12.5. The Morgan fingerprint density at radius 2 is 1.12 bits per heavy atom. The molecule has 0 atom stereocenters. The van der Waals surface area contributed by atoms with Gasteiger partial charge in [0.15, 0.2) is 17.5 Å². The van der Waals surface area contributed by atoms with Crippen LogP contribution in [0.4, 0.5) is 0 Å². The second kappa shape index (κ2) is 10.4. The van der Waals surface area contributed by atoms with Gasteiger partial charge in [0.05, 0.1) is 0 Å². The Labute approximate surface area is 280 Å². The first-order valence-electron chi connectivity index (χ1n) is 16.2. The highest BCUT2D eigenvalue weighted by molar-refractivity contribution is 6.18. The molecule has 0 amide bonds. The number of furan rings is 2. The summed E-state index contributed by atoms with van der Waals surface area (Å²) >= 11 is 0. The third-order valence-corrected chi connectivity index (χ3v) is 9.55. The van der Waals surface area contributed by atoms with E-state index in [9.17, 15) is 0 Å². The minimum atomic E-state index is 0.550. The Hall–Kier alpha value is -6.66. The van der Waals surface area contributed by atoms with Crippen LogP contribution in [0.25, 0.3) is 106 Å². The molecule has 10 rings (SSSR count). The molecule has 6 heteroatoms. The minimum Gasteiger partial charge on any atom is -0.456 e. The number of fused-ring (bicyclic) bond motifs is 7. The molecular formula is C43H26N4O2. The standard InChI is InChI=1S/C43H26N4O2/c1-3-4-18-34-24(2)37-31(15-8-19-35(37)48-34)41-45-40(30-22-21-29-26-12-6-5-11-25(26)27-13-7-14-28(30)38(27)29)46-42(47-41)32-16-9-20-36-39(32)33-17-10-23-44-43(33)49-36/h3-23H,1H2,2H3/b18-4-. The third kappa shape index (κ3) is 4.01. The highest BCUT2D eigenvalue weighted by Gasteiger charge is 2.25. The summed E-state index contributed by atoms with van der Waals surface area (Å²) in [5.74, 6) is 2.47. The zero-order valence-electron chi connectivity index (χ0n) is 26.4. The fourth-order valence-electron chi connectivity index (χ4n) is 7.41. The van der Waals surface area contributed by atoms with Gasteiger partial charge in [0.25, 0.3) is 0 Å². The van der Waals surface area contributed by atoms with Crippen molar-refractivity contribution in [2.45, 2.75) is 6.92 Å². The van der Waals surface area contributed by atoms with E-state index in [0.717, 1.165) is 60.7 Å². The molecule has 0 radical (unpaired) electrons. The van der Waals surface area contributed by atoms with Gasteiger partial charge in [0, 0.05) is 44.6 Å². The molecule has 0 unspecified atom stereocenters. The summed E-state index contributed by atoms with van der Waals surface area (Å²) in [5.41, 5.74) is 10.7. The largest absolute Gasteiger partial charge is 0.456 e. The molecule has 1 aliphatic rings. The van der Waals surface area contributed by atoms with E-state index in [2.05, 4.69) is 79.2 Å². The molecular weight excluding hydrogens is 604 g/mol. The highest BCUT2D eigenvalue weighted by Crippen LogP contribution is 2.49. The maximum absolute atomic E-state index is 6.28. The molecule has 0 N–H and O–H groups in total. The van der Waals surface area contributed by atoms with Crippen LogP contribution >= 0.6 is 0 Å². The maximum atomic E-state index is 6.28. The Bertz CT molecular complexity index is 2850. The van der Waals surface area contributed by atoms with Gasteiger partial charge in [-0.25, -0.2) is 19.9 Å². The average Bonchev–Trinajstić information content (AvgIpc) is 3.81. The Morgan fingerprint density at radius 3 is 1.88 bits per heavy atom. The molecule has 0 saturated heterocycles. The van der Waals surface area contributed by atoms with Crippen molar-refractivity contribution in [3.63, 3.8) is 0 Å². The van der Waals surface area contributed by atoms with Crippen LogP contribution in [0.2, 0.25) is 0 Å². The van der Waals surface area contributed by atoms with E-state index in [1.807, 2.05) is 54.6 Å². The molecule has 230 valence electrons. The molecule has 49 heavy (non-hydrogen) atoms. The lowest BCUT2D eigenvalue weighted by Crippen LogP contribution is -2.01.